The zero-order valence-corrected chi connectivity index (χ0v) is 11.7. The van der Waals surface area contributed by atoms with Gasteiger partial charge in [0.15, 0.2) is 0 Å². The summed E-state index contributed by atoms with van der Waals surface area (Å²) in [5.41, 5.74) is 3.56. The largest absolute Gasteiger partial charge is 0.507 e. The number of amides is 1. The summed E-state index contributed by atoms with van der Waals surface area (Å²) >= 11 is 0. The highest BCUT2D eigenvalue weighted by molar-refractivity contribution is 6.03. The molecule has 108 valence electrons. The van der Waals surface area contributed by atoms with Crippen LogP contribution in [0.15, 0.2) is 71.8 Å². The van der Waals surface area contributed by atoms with Gasteiger partial charge in [0.2, 0.25) is 0 Å². The van der Waals surface area contributed by atoms with E-state index < -0.39 is 0 Å². The van der Waals surface area contributed by atoms with Gasteiger partial charge in [0.25, 0.3) is 5.91 Å². The van der Waals surface area contributed by atoms with Crippen LogP contribution >= 0.6 is 0 Å². The normalized spacial score (nSPS) is 10.9. The van der Waals surface area contributed by atoms with Gasteiger partial charge in [0.05, 0.1) is 6.21 Å². The van der Waals surface area contributed by atoms with Crippen LogP contribution in [0.3, 0.4) is 0 Å². The van der Waals surface area contributed by atoms with Gasteiger partial charge in [-0.15, -0.1) is 0 Å². The van der Waals surface area contributed by atoms with E-state index in [0.29, 0.717) is 11.1 Å². The lowest BCUT2D eigenvalue weighted by Gasteiger charge is -2.04. The number of nitrogens with one attached hydrogen (secondary N) is 1. The summed E-state index contributed by atoms with van der Waals surface area (Å²) in [6, 6.07) is 20.0. The lowest BCUT2D eigenvalue weighted by atomic mass is 10.0. The van der Waals surface area contributed by atoms with E-state index in [1.807, 2.05) is 36.4 Å². The van der Waals surface area contributed by atoms with Gasteiger partial charge in [-0.1, -0.05) is 48.5 Å². The molecule has 0 fully saturated rings. The molecule has 0 heterocycles. The predicted octanol–water partition coefficient (Wildman–Crippen LogP) is 3.31. The molecule has 0 aliphatic heterocycles. The molecule has 0 spiro atoms. The first-order valence-electron chi connectivity index (χ1n) is 6.85. The Morgan fingerprint density at radius 1 is 0.955 bits per heavy atom. The summed E-state index contributed by atoms with van der Waals surface area (Å²) in [6.07, 6.45) is 1.46. The first-order chi connectivity index (χ1) is 10.8. The molecule has 3 aromatic carbocycles. The van der Waals surface area contributed by atoms with Crippen LogP contribution in [0, 0.1) is 0 Å². The number of phenols is 1. The van der Waals surface area contributed by atoms with Crippen LogP contribution < -0.4 is 5.43 Å². The maximum absolute atomic E-state index is 11.9. The van der Waals surface area contributed by atoms with Crippen molar-refractivity contribution >= 4 is 22.9 Å². The van der Waals surface area contributed by atoms with Crippen molar-refractivity contribution in [1.29, 1.82) is 0 Å². The van der Waals surface area contributed by atoms with Crippen LogP contribution in [0.4, 0.5) is 0 Å². The molecule has 4 heteroatoms. The molecule has 4 nitrogen and oxygen atoms in total. The Balaban J connectivity index is 1.84. The minimum atomic E-state index is -0.295. The van der Waals surface area contributed by atoms with Crippen molar-refractivity contribution in [2.45, 2.75) is 0 Å². The number of hydrogen-bond donors (Lipinski definition) is 2. The maximum atomic E-state index is 11.9. The smallest absolute Gasteiger partial charge is 0.271 e. The molecular formula is C18H14N2O2. The Morgan fingerprint density at radius 3 is 2.50 bits per heavy atom. The minimum Gasteiger partial charge on any atom is -0.507 e. The molecule has 0 unspecified atom stereocenters. The molecule has 2 N–H and O–H groups in total. The number of rotatable bonds is 3. The Labute approximate surface area is 127 Å². The summed E-state index contributed by atoms with van der Waals surface area (Å²) in [5, 5.41) is 15.8. The SMILES string of the molecule is O=C(N/N=C/c1c(O)ccc2ccccc12)c1ccccc1. The molecule has 0 radical (unpaired) electrons. The van der Waals surface area contributed by atoms with Crippen LogP contribution in [0.25, 0.3) is 10.8 Å². The van der Waals surface area contributed by atoms with Gasteiger partial charge < -0.3 is 5.11 Å². The molecule has 0 aliphatic rings. The van der Waals surface area contributed by atoms with E-state index in [1.54, 1.807) is 30.3 Å². The molecule has 0 saturated heterocycles. The van der Waals surface area contributed by atoms with Gasteiger partial charge in [-0.05, 0) is 29.0 Å². The third kappa shape index (κ3) is 2.81. The summed E-state index contributed by atoms with van der Waals surface area (Å²) in [4.78, 5) is 11.9. The Kier molecular flexibility index (Phi) is 3.83. The molecule has 3 aromatic rings. The van der Waals surface area contributed by atoms with Crippen LogP contribution in [-0.4, -0.2) is 17.2 Å². The van der Waals surface area contributed by atoms with Crippen molar-refractivity contribution in [3.8, 4) is 5.75 Å². The zero-order chi connectivity index (χ0) is 15.4. The van der Waals surface area contributed by atoms with Crippen molar-refractivity contribution in [2.24, 2.45) is 5.10 Å². The van der Waals surface area contributed by atoms with E-state index in [4.69, 9.17) is 0 Å². The fourth-order valence-corrected chi connectivity index (χ4v) is 2.23. The summed E-state index contributed by atoms with van der Waals surface area (Å²) in [7, 11) is 0. The summed E-state index contributed by atoms with van der Waals surface area (Å²) in [5.74, 6) is -0.173. The molecule has 3 rings (SSSR count). The highest BCUT2D eigenvalue weighted by atomic mass is 16.3. The number of phenolic OH excluding ortho intramolecular Hbond substituents is 1. The second-order valence-corrected chi connectivity index (χ2v) is 4.78. The van der Waals surface area contributed by atoms with E-state index >= 15 is 0 Å². The van der Waals surface area contributed by atoms with Gasteiger partial charge in [-0.25, -0.2) is 5.43 Å². The lowest BCUT2D eigenvalue weighted by molar-refractivity contribution is 0.0955. The number of hydrogen-bond acceptors (Lipinski definition) is 3. The first-order valence-corrected chi connectivity index (χ1v) is 6.85. The fraction of sp³-hybridized carbons (Fsp3) is 0. The highest BCUT2D eigenvalue weighted by Gasteiger charge is 2.05. The standard InChI is InChI=1S/C18H14N2O2/c21-17-11-10-13-6-4-5-9-15(13)16(17)12-19-20-18(22)14-7-2-1-3-8-14/h1-12,21H,(H,20,22)/b19-12+. The Hall–Kier alpha value is -3.14. The van der Waals surface area contributed by atoms with Crippen LogP contribution in [-0.2, 0) is 0 Å². The predicted molar refractivity (Wildman–Crippen MR) is 87.1 cm³/mol. The highest BCUT2D eigenvalue weighted by Crippen LogP contribution is 2.25. The van der Waals surface area contributed by atoms with Crippen molar-refractivity contribution in [1.82, 2.24) is 5.43 Å². The van der Waals surface area contributed by atoms with Crippen LogP contribution in [0.2, 0.25) is 0 Å². The molecule has 1 amide bonds. The minimum absolute atomic E-state index is 0.122. The average Bonchev–Trinajstić information content (AvgIpc) is 2.57. The molecule has 0 bridgehead atoms. The Morgan fingerprint density at radius 2 is 1.68 bits per heavy atom. The van der Waals surface area contributed by atoms with Crippen LogP contribution in [0.1, 0.15) is 15.9 Å². The zero-order valence-electron chi connectivity index (χ0n) is 11.7. The van der Waals surface area contributed by atoms with Crippen molar-refractivity contribution < 1.29 is 9.90 Å². The van der Waals surface area contributed by atoms with Crippen LogP contribution in [0.5, 0.6) is 5.75 Å². The summed E-state index contributed by atoms with van der Waals surface area (Å²) in [6.45, 7) is 0. The number of aromatic hydroxyl groups is 1. The third-order valence-corrected chi connectivity index (χ3v) is 3.34. The number of benzene rings is 3. The second-order valence-electron chi connectivity index (χ2n) is 4.78. The summed E-state index contributed by atoms with van der Waals surface area (Å²) < 4.78 is 0. The van der Waals surface area contributed by atoms with Gasteiger partial charge in [-0.3, -0.25) is 4.79 Å². The molecule has 0 aliphatic carbocycles. The number of fused-ring (bicyclic) bond motifs is 1. The van der Waals surface area contributed by atoms with Crippen molar-refractivity contribution in [3.63, 3.8) is 0 Å². The maximum Gasteiger partial charge on any atom is 0.271 e. The number of carbonyl (C=O) groups excluding carboxylic acids is 1. The van der Waals surface area contributed by atoms with Gasteiger partial charge in [0, 0.05) is 11.1 Å². The third-order valence-electron chi connectivity index (χ3n) is 3.34. The first kappa shape index (κ1) is 13.8. The second kappa shape index (κ2) is 6.10. The molecule has 0 saturated carbocycles. The topological polar surface area (TPSA) is 61.7 Å². The number of nitrogens with zero attached hydrogens (tertiary/aromatic N) is 1. The van der Waals surface area contributed by atoms with E-state index in [9.17, 15) is 9.90 Å². The van der Waals surface area contributed by atoms with Gasteiger partial charge >= 0.3 is 0 Å². The number of carbonyl (C=O) groups is 1. The van der Waals surface area contributed by atoms with Gasteiger partial charge in [-0.2, -0.15) is 5.10 Å². The quantitative estimate of drug-likeness (QED) is 0.574. The van der Waals surface area contributed by atoms with Crippen molar-refractivity contribution in [3.05, 3.63) is 77.9 Å². The Bertz CT molecular complexity index is 842. The lowest BCUT2D eigenvalue weighted by Crippen LogP contribution is -2.17. The molecular weight excluding hydrogens is 276 g/mol. The van der Waals surface area contributed by atoms with E-state index in [0.717, 1.165) is 10.8 Å². The molecule has 0 atom stereocenters. The van der Waals surface area contributed by atoms with E-state index in [1.165, 1.54) is 6.21 Å². The van der Waals surface area contributed by atoms with Gasteiger partial charge in [0.1, 0.15) is 5.75 Å². The average molecular weight is 290 g/mol. The molecule has 22 heavy (non-hydrogen) atoms. The fourth-order valence-electron chi connectivity index (χ4n) is 2.23. The molecule has 0 aromatic heterocycles. The van der Waals surface area contributed by atoms with E-state index in [2.05, 4.69) is 10.5 Å². The van der Waals surface area contributed by atoms with Crippen molar-refractivity contribution in [2.75, 3.05) is 0 Å². The van der Waals surface area contributed by atoms with E-state index in [-0.39, 0.29) is 11.7 Å². The monoisotopic (exact) mass is 290 g/mol. The number of hydrazone groups is 1.